The van der Waals surface area contributed by atoms with E-state index < -0.39 is 0 Å². The topological polar surface area (TPSA) is 73.6 Å². The third kappa shape index (κ3) is 3.45. The third-order valence-corrected chi connectivity index (χ3v) is 2.73. The summed E-state index contributed by atoms with van der Waals surface area (Å²) in [7, 11) is 0. The molecule has 1 heterocycles. The van der Waals surface area contributed by atoms with Gasteiger partial charge in [-0.3, -0.25) is 0 Å². The quantitative estimate of drug-likeness (QED) is 0.870. The van der Waals surface area contributed by atoms with Crippen molar-refractivity contribution >= 4 is 17.3 Å². The van der Waals surface area contributed by atoms with Gasteiger partial charge in [0, 0.05) is 24.7 Å². The number of nitriles is 1. The first-order valence-electron chi connectivity index (χ1n) is 6.64. The maximum Gasteiger partial charge on any atom is 0.136 e. The second-order valence-electron chi connectivity index (χ2n) is 4.25. The average molecular weight is 267 g/mol. The molecular formula is C15H17N5. The molecule has 0 bridgehead atoms. The van der Waals surface area contributed by atoms with Crippen LogP contribution in [0.15, 0.2) is 30.3 Å². The molecule has 0 aliphatic rings. The normalized spacial score (nSPS) is 9.85. The number of hydrogen-bond acceptors (Lipinski definition) is 5. The smallest absolute Gasteiger partial charge is 0.136 e. The molecule has 20 heavy (non-hydrogen) atoms. The summed E-state index contributed by atoms with van der Waals surface area (Å²) in [5, 5.41) is 15.2. The Morgan fingerprint density at radius 3 is 2.40 bits per heavy atom. The molecule has 0 aliphatic heterocycles. The molecular weight excluding hydrogens is 250 g/mol. The Labute approximate surface area is 118 Å². The zero-order valence-corrected chi connectivity index (χ0v) is 11.6. The van der Waals surface area contributed by atoms with Gasteiger partial charge in [0.1, 0.15) is 17.5 Å². The Kier molecular flexibility index (Phi) is 4.51. The molecule has 2 N–H and O–H groups in total. The minimum absolute atomic E-state index is 0.640. The van der Waals surface area contributed by atoms with E-state index in [0.29, 0.717) is 5.56 Å². The van der Waals surface area contributed by atoms with Crippen molar-refractivity contribution in [3.05, 3.63) is 41.7 Å². The van der Waals surface area contributed by atoms with E-state index in [9.17, 15) is 0 Å². The Morgan fingerprint density at radius 2 is 1.80 bits per heavy atom. The van der Waals surface area contributed by atoms with Crippen LogP contribution in [0.3, 0.4) is 0 Å². The minimum atomic E-state index is 0.640. The molecule has 0 radical (unpaired) electrons. The number of benzene rings is 1. The summed E-state index contributed by atoms with van der Waals surface area (Å²) in [5.74, 6) is 2.35. The van der Waals surface area contributed by atoms with Crippen molar-refractivity contribution in [2.24, 2.45) is 0 Å². The Morgan fingerprint density at radius 1 is 1.10 bits per heavy atom. The van der Waals surface area contributed by atoms with Crippen LogP contribution in [-0.2, 0) is 6.42 Å². The molecule has 2 rings (SSSR count). The van der Waals surface area contributed by atoms with Gasteiger partial charge >= 0.3 is 0 Å². The van der Waals surface area contributed by atoms with Crippen LogP contribution in [0.5, 0.6) is 0 Å². The Balaban J connectivity index is 2.22. The molecule has 1 aromatic heterocycles. The maximum atomic E-state index is 8.78. The molecule has 0 spiro atoms. The summed E-state index contributed by atoms with van der Waals surface area (Å²) in [5.41, 5.74) is 1.54. The first-order chi connectivity index (χ1) is 9.75. The van der Waals surface area contributed by atoms with Crippen molar-refractivity contribution < 1.29 is 0 Å². The minimum Gasteiger partial charge on any atom is -0.370 e. The summed E-state index contributed by atoms with van der Waals surface area (Å²) in [6.45, 7) is 4.87. The summed E-state index contributed by atoms with van der Waals surface area (Å²) in [4.78, 5) is 8.85. The first kappa shape index (κ1) is 13.8. The van der Waals surface area contributed by atoms with Crippen LogP contribution in [0, 0.1) is 11.3 Å². The molecule has 0 saturated heterocycles. The van der Waals surface area contributed by atoms with Gasteiger partial charge in [0.05, 0.1) is 11.6 Å². The molecule has 0 atom stereocenters. The lowest BCUT2D eigenvalue weighted by molar-refractivity contribution is 0.939. The van der Waals surface area contributed by atoms with E-state index in [1.165, 1.54) is 0 Å². The van der Waals surface area contributed by atoms with Crippen molar-refractivity contribution in [1.29, 1.82) is 5.26 Å². The van der Waals surface area contributed by atoms with Crippen molar-refractivity contribution in [1.82, 2.24) is 9.97 Å². The number of aryl methyl sites for hydroxylation is 1. The van der Waals surface area contributed by atoms with E-state index >= 15 is 0 Å². The van der Waals surface area contributed by atoms with Crippen LogP contribution >= 0.6 is 0 Å². The number of hydrogen-bond donors (Lipinski definition) is 2. The van der Waals surface area contributed by atoms with Gasteiger partial charge in [-0.05, 0) is 31.2 Å². The SMILES string of the molecule is CCNc1cc(Nc2ccc(C#N)cc2)nc(CC)n1. The monoisotopic (exact) mass is 267 g/mol. The van der Waals surface area contributed by atoms with E-state index in [2.05, 4.69) is 26.7 Å². The lowest BCUT2D eigenvalue weighted by Crippen LogP contribution is -2.05. The van der Waals surface area contributed by atoms with Gasteiger partial charge in [-0.1, -0.05) is 6.92 Å². The fourth-order valence-corrected chi connectivity index (χ4v) is 1.77. The fraction of sp³-hybridized carbons (Fsp3) is 0.267. The van der Waals surface area contributed by atoms with Gasteiger partial charge < -0.3 is 10.6 Å². The molecule has 1 aromatic carbocycles. The molecule has 5 heteroatoms. The van der Waals surface area contributed by atoms with Crippen LogP contribution in [-0.4, -0.2) is 16.5 Å². The van der Waals surface area contributed by atoms with Crippen molar-refractivity contribution in [3.8, 4) is 6.07 Å². The first-order valence-corrected chi connectivity index (χ1v) is 6.64. The molecule has 0 amide bonds. The predicted molar refractivity (Wildman–Crippen MR) is 80.0 cm³/mol. The van der Waals surface area contributed by atoms with Crippen LogP contribution < -0.4 is 10.6 Å². The molecule has 0 fully saturated rings. The van der Waals surface area contributed by atoms with Gasteiger partial charge in [-0.25, -0.2) is 9.97 Å². The lowest BCUT2D eigenvalue weighted by atomic mass is 10.2. The Hall–Kier alpha value is -2.61. The molecule has 5 nitrogen and oxygen atoms in total. The number of rotatable bonds is 5. The van der Waals surface area contributed by atoms with Gasteiger partial charge in [0.2, 0.25) is 0 Å². The highest BCUT2D eigenvalue weighted by Crippen LogP contribution is 2.18. The van der Waals surface area contributed by atoms with Gasteiger partial charge in [-0.2, -0.15) is 5.26 Å². The van der Waals surface area contributed by atoms with Crippen LogP contribution in [0.1, 0.15) is 25.2 Å². The highest BCUT2D eigenvalue weighted by Gasteiger charge is 2.03. The van der Waals surface area contributed by atoms with E-state index in [1.54, 1.807) is 12.1 Å². The lowest BCUT2D eigenvalue weighted by Gasteiger charge is -2.10. The van der Waals surface area contributed by atoms with Crippen LogP contribution in [0.4, 0.5) is 17.3 Å². The van der Waals surface area contributed by atoms with Crippen LogP contribution in [0.25, 0.3) is 0 Å². The van der Waals surface area contributed by atoms with Gasteiger partial charge in [0.25, 0.3) is 0 Å². The second kappa shape index (κ2) is 6.53. The molecule has 102 valence electrons. The summed E-state index contributed by atoms with van der Waals surface area (Å²) < 4.78 is 0. The third-order valence-electron chi connectivity index (χ3n) is 2.73. The average Bonchev–Trinajstić information content (AvgIpc) is 2.48. The molecule has 0 saturated carbocycles. The van der Waals surface area contributed by atoms with E-state index in [1.807, 2.05) is 32.0 Å². The highest BCUT2D eigenvalue weighted by atomic mass is 15.1. The number of aromatic nitrogens is 2. The summed E-state index contributed by atoms with van der Waals surface area (Å²) in [6.07, 6.45) is 0.779. The van der Waals surface area contributed by atoms with Gasteiger partial charge in [0.15, 0.2) is 0 Å². The number of anilines is 3. The molecule has 2 aromatic rings. The predicted octanol–water partition coefficient (Wildman–Crippen LogP) is 3.09. The molecule has 0 aliphatic carbocycles. The Bertz CT molecular complexity index is 613. The van der Waals surface area contributed by atoms with Crippen LogP contribution in [0.2, 0.25) is 0 Å². The van der Waals surface area contributed by atoms with E-state index in [0.717, 1.165) is 36.1 Å². The number of nitrogens with one attached hydrogen (secondary N) is 2. The van der Waals surface area contributed by atoms with Gasteiger partial charge in [-0.15, -0.1) is 0 Å². The zero-order chi connectivity index (χ0) is 14.4. The maximum absolute atomic E-state index is 8.78. The van der Waals surface area contributed by atoms with E-state index in [4.69, 9.17) is 5.26 Å². The summed E-state index contributed by atoms with van der Waals surface area (Å²) >= 11 is 0. The zero-order valence-electron chi connectivity index (χ0n) is 11.6. The van der Waals surface area contributed by atoms with Crippen molar-refractivity contribution in [2.45, 2.75) is 20.3 Å². The second-order valence-corrected chi connectivity index (χ2v) is 4.25. The molecule has 0 unspecified atom stereocenters. The largest absolute Gasteiger partial charge is 0.370 e. The highest BCUT2D eigenvalue weighted by molar-refractivity contribution is 5.60. The number of nitrogens with zero attached hydrogens (tertiary/aromatic N) is 3. The van der Waals surface area contributed by atoms with E-state index in [-0.39, 0.29) is 0 Å². The van der Waals surface area contributed by atoms with Crippen molar-refractivity contribution in [2.75, 3.05) is 17.2 Å². The standard InChI is InChI=1S/C15H17N5/c1-3-13-19-14(17-4-2)9-15(20-13)18-12-7-5-11(10-16)6-8-12/h5-9H,3-4H2,1-2H3,(H2,17,18,19,20). The summed E-state index contributed by atoms with van der Waals surface area (Å²) in [6, 6.07) is 11.2. The fourth-order valence-electron chi connectivity index (χ4n) is 1.77. The van der Waals surface area contributed by atoms with Crippen molar-refractivity contribution in [3.63, 3.8) is 0 Å².